The molecule has 2 heterocycles. The highest BCUT2D eigenvalue weighted by atomic mass is 16.5. The van der Waals surface area contributed by atoms with E-state index in [1.807, 2.05) is 36.4 Å². The average Bonchev–Trinajstić information content (AvgIpc) is 3.17. The first-order valence-corrected chi connectivity index (χ1v) is 8.84. The summed E-state index contributed by atoms with van der Waals surface area (Å²) in [6, 6.07) is 20.4. The van der Waals surface area contributed by atoms with Crippen molar-refractivity contribution in [3.63, 3.8) is 0 Å². The van der Waals surface area contributed by atoms with Gasteiger partial charge in [-0.15, -0.1) is 0 Å². The van der Waals surface area contributed by atoms with E-state index in [-0.39, 0.29) is 6.10 Å². The monoisotopic (exact) mass is 350 g/mol. The number of para-hydroxylation sites is 1. The standard InChI is InChI=1S/C19H22N6O/c1-3-7-16(8-4-1)14-24-11-12-26-18(15-24)13-20-19-21-22-23-25(19)17-9-5-2-6-10-17/h1-10,18H,11-15H2,(H,20,21,23)/t18-/m0/s1. The number of nitrogens with one attached hydrogen (secondary N) is 1. The summed E-state index contributed by atoms with van der Waals surface area (Å²) in [5, 5.41) is 15.3. The summed E-state index contributed by atoms with van der Waals surface area (Å²) in [5.41, 5.74) is 2.25. The Morgan fingerprint density at radius 3 is 2.62 bits per heavy atom. The Kier molecular flexibility index (Phi) is 5.18. The highest BCUT2D eigenvalue weighted by Crippen LogP contribution is 2.13. The van der Waals surface area contributed by atoms with Crippen LogP contribution < -0.4 is 5.32 Å². The number of rotatable bonds is 6. The molecule has 2 aromatic carbocycles. The first-order chi connectivity index (χ1) is 12.9. The van der Waals surface area contributed by atoms with Gasteiger partial charge in [0.15, 0.2) is 0 Å². The van der Waals surface area contributed by atoms with Gasteiger partial charge in [-0.3, -0.25) is 4.90 Å². The van der Waals surface area contributed by atoms with Crippen LogP contribution in [0, 0.1) is 0 Å². The molecule has 0 unspecified atom stereocenters. The molecule has 1 N–H and O–H groups in total. The lowest BCUT2D eigenvalue weighted by molar-refractivity contribution is -0.0241. The summed E-state index contributed by atoms with van der Waals surface area (Å²) in [6.45, 7) is 4.19. The summed E-state index contributed by atoms with van der Waals surface area (Å²) in [5.74, 6) is 0.625. The third kappa shape index (κ3) is 4.07. The SMILES string of the molecule is c1ccc(CN2CCO[C@@H](CNc3nnnn3-c3ccccc3)C2)cc1. The number of hydrogen-bond donors (Lipinski definition) is 1. The Labute approximate surface area is 152 Å². The third-order valence-electron chi connectivity index (χ3n) is 4.43. The molecule has 7 heteroatoms. The second-order valence-corrected chi connectivity index (χ2v) is 6.34. The van der Waals surface area contributed by atoms with Crippen molar-refractivity contribution >= 4 is 5.95 Å². The van der Waals surface area contributed by atoms with Crippen molar-refractivity contribution in [1.29, 1.82) is 0 Å². The average molecular weight is 350 g/mol. The summed E-state index contributed by atoms with van der Waals surface area (Å²) in [7, 11) is 0. The molecule has 26 heavy (non-hydrogen) atoms. The first kappa shape index (κ1) is 16.7. The number of hydrogen-bond acceptors (Lipinski definition) is 6. The molecule has 0 bridgehead atoms. The Balaban J connectivity index is 1.34. The van der Waals surface area contributed by atoms with Crippen LogP contribution in [0.2, 0.25) is 0 Å². The maximum Gasteiger partial charge on any atom is 0.247 e. The molecule has 0 spiro atoms. The van der Waals surface area contributed by atoms with Crippen molar-refractivity contribution < 1.29 is 4.74 Å². The number of nitrogens with zero attached hydrogens (tertiary/aromatic N) is 5. The Bertz CT molecular complexity index is 807. The van der Waals surface area contributed by atoms with Crippen LogP contribution in [-0.2, 0) is 11.3 Å². The molecule has 1 fully saturated rings. The highest BCUT2D eigenvalue weighted by molar-refractivity contribution is 5.38. The van der Waals surface area contributed by atoms with Crippen LogP contribution in [0.15, 0.2) is 60.7 Å². The summed E-state index contributed by atoms with van der Waals surface area (Å²) in [6.07, 6.45) is 0.105. The van der Waals surface area contributed by atoms with Crippen LogP contribution in [0.4, 0.5) is 5.95 Å². The maximum absolute atomic E-state index is 5.91. The van der Waals surface area contributed by atoms with Gasteiger partial charge in [0, 0.05) is 26.2 Å². The summed E-state index contributed by atoms with van der Waals surface area (Å²) < 4.78 is 7.61. The van der Waals surface area contributed by atoms with Gasteiger partial charge in [0.2, 0.25) is 5.95 Å². The molecule has 1 saturated heterocycles. The lowest BCUT2D eigenvalue weighted by Gasteiger charge is -2.33. The number of ether oxygens (including phenoxy) is 1. The fourth-order valence-corrected chi connectivity index (χ4v) is 3.13. The smallest absolute Gasteiger partial charge is 0.247 e. The van der Waals surface area contributed by atoms with Gasteiger partial charge in [-0.1, -0.05) is 53.6 Å². The normalized spacial score (nSPS) is 17.9. The van der Waals surface area contributed by atoms with Crippen LogP contribution in [-0.4, -0.2) is 57.5 Å². The van der Waals surface area contributed by atoms with Gasteiger partial charge in [0.25, 0.3) is 0 Å². The van der Waals surface area contributed by atoms with Gasteiger partial charge in [0.1, 0.15) is 0 Å². The van der Waals surface area contributed by atoms with E-state index >= 15 is 0 Å². The zero-order valence-electron chi connectivity index (χ0n) is 14.5. The molecule has 0 aliphatic carbocycles. The van der Waals surface area contributed by atoms with Gasteiger partial charge in [-0.2, -0.15) is 4.68 Å². The molecule has 0 amide bonds. The molecular weight excluding hydrogens is 328 g/mol. The summed E-state index contributed by atoms with van der Waals surface area (Å²) in [4.78, 5) is 2.42. The largest absolute Gasteiger partial charge is 0.374 e. The fraction of sp³-hybridized carbons (Fsp3) is 0.316. The molecule has 1 aliphatic rings. The molecule has 7 nitrogen and oxygen atoms in total. The zero-order valence-corrected chi connectivity index (χ0v) is 14.5. The minimum atomic E-state index is 0.105. The molecule has 0 saturated carbocycles. The van der Waals surface area contributed by atoms with E-state index in [9.17, 15) is 0 Å². The quantitative estimate of drug-likeness (QED) is 0.733. The fourth-order valence-electron chi connectivity index (χ4n) is 3.13. The third-order valence-corrected chi connectivity index (χ3v) is 4.43. The van der Waals surface area contributed by atoms with Crippen molar-refractivity contribution in [1.82, 2.24) is 25.1 Å². The number of benzene rings is 2. The Morgan fingerprint density at radius 1 is 1.04 bits per heavy atom. The molecule has 4 rings (SSSR count). The van der Waals surface area contributed by atoms with Crippen LogP contribution in [0.3, 0.4) is 0 Å². The zero-order chi connectivity index (χ0) is 17.6. The van der Waals surface area contributed by atoms with Crippen LogP contribution >= 0.6 is 0 Å². The minimum absolute atomic E-state index is 0.105. The van der Waals surface area contributed by atoms with Crippen molar-refractivity contribution in [2.75, 3.05) is 31.6 Å². The molecule has 1 aliphatic heterocycles. The van der Waals surface area contributed by atoms with E-state index < -0.39 is 0 Å². The number of anilines is 1. The number of tetrazole rings is 1. The van der Waals surface area contributed by atoms with E-state index in [0.29, 0.717) is 12.5 Å². The van der Waals surface area contributed by atoms with Crippen molar-refractivity contribution in [3.05, 3.63) is 66.2 Å². The first-order valence-electron chi connectivity index (χ1n) is 8.84. The molecule has 3 aromatic rings. The van der Waals surface area contributed by atoms with Crippen molar-refractivity contribution in [2.45, 2.75) is 12.6 Å². The van der Waals surface area contributed by atoms with Gasteiger partial charge >= 0.3 is 0 Å². The molecule has 134 valence electrons. The van der Waals surface area contributed by atoms with E-state index in [1.165, 1.54) is 5.56 Å². The van der Waals surface area contributed by atoms with Gasteiger partial charge in [-0.05, 0) is 28.1 Å². The predicted molar refractivity (Wildman–Crippen MR) is 99.1 cm³/mol. The Hall–Kier alpha value is -2.77. The minimum Gasteiger partial charge on any atom is -0.374 e. The second-order valence-electron chi connectivity index (χ2n) is 6.34. The van der Waals surface area contributed by atoms with Gasteiger partial charge < -0.3 is 10.1 Å². The van der Waals surface area contributed by atoms with Gasteiger partial charge in [-0.25, -0.2) is 0 Å². The lowest BCUT2D eigenvalue weighted by Crippen LogP contribution is -2.44. The summed E-state index contributed by atoms with van der Waals surface area (Å²) >= 11 is 0. The number of aromatic nitrogens is 4. The second kappa shape index (κ2) is 8.07. The van der Waals surface area contributed by atoms with E-state index in [1.54, 1.807) is 4.68 Å². The molecule has 1 atom stereocenters. The maximum atomic E-state index is 5.91. The van der Waals surface area contributed by atoms with E-state index in [2.05, 4.69) is 50.0 Å². The highest BCUT2D eigenvalue weighted by Gasteiger charge is 2.21. The topological polar surface area (TPSA) is 68.1 Å². The number of morpholine rings is 1. The van der Waals surface area contributed by atoms with Gasteiger partial charge in [0.05, 0.1) is 18.4 Å². The molecular formula is C19H22N6O. The molecule has 1 aromatic heterocycles. The van der Waals surface area contributed by atoms with Crippen LogP contribution in [0.5, 0.6) is 0 Å². The predicted octanol–water partition coefficient (Wildman–Crippen LogP) is 1.98. The van der Waals surface area contributed by atoms with E-state index in [4.69, 9.17) is 4.74 Å². The Morgan fingerprint density at radius 2 is 1.81 bits per heavy atom. The van der Waals surface area contributed by atoms with Crippen LogP contribution in [0.25, 0.3) is 5.69 Å². The van der Waals surface area contributed by atoms with E-state index in [0.717, 1.165) is 31.9 Å². The van der Waals surface area contributed by atoms with Crippen LogP contribution in [0.1, 0.15) is 5.56 Å². The lowest BCUT2D eigenvalue weighted by atomic mass is 10.2. The van der Waals surface area contributed by atoms with Crippen molar-refractivity contribution in [2.24, 2.45) is 0 Å². The molecule has 0 radical (unpaired) electrons. The van der Waals surface area contributed by atoms with Crippen molar-refractivity contribution in [3.8, 4) is 5.69 Å².